The normalized spacial score (nSPS) is 18.1. The van der Waals surface area contributed by atoms with Gasteiger partial charge in [-0.1, -0.05) is 51.2 Å². The Kier molecular flexibility index (Phi) is 6.52. The fourth-order valence-electron chi connectivity index (χ4n) is 3.44. The minimum absolute atomic E-state index is 0.105. The predicted octanol–water partition coefficient (Wildman–Crippen LogP) is 4.56. The van der Waals surface area contributed by atoms with Crippen molar-refractivity contribution in [3.63, 3.8) is 0 Å². The van der Waals surface area contributed by atoms with Crippen LogP contribution in [0.5, 0.6) is 0 Å². The van der Waals surface area contributed by atoms with Crippen LogP contribution in [0.25, 0.3) is 0 Å². The van der Waals surface area contributed by atoms with Crippen molar-refractivity contribution >= 4 is 0 Å². The summed E-state index contributed by atoms with van der Waals surface area (Å²) < 4.78 is 13.4. The molecule has 0 bridgehead atoms. The maximum absolute atomic E-state index is 13.4. The molecule has 0 aliphatic heterocycles. The Morgan fingerprint density at radius 1 is 1.25 bits per heavy atom. The molecule has 20 heavy (non-hydrogen) atoms. The van der Waals surface area contributed by atoms with Gasteiger partial charge >= 0.3 is 0 Å². The van der Waals surface area contributed by atoms with Crippen LogP contribution in [0, 0.1) is 17.7 Å². The lowest BCUT2D eigenvalue weighted by molar-refractivity contribution is 0.239. The van der Waals surface area contributed by atoms with Gasteiger partial charge in [-0.3, -0.25) is 0 Å². The summed E-state index contributed by atoms with van der Waals surface area (Å²) in [7, 11) is 0. The summed E-state index contributed by atoms with van der Waals surface area (Å²) in [5, 5.41) is 3.57. The van der Waals surface area contributed by atoms with Crippen molar-refractivity contribution in [2.75, 3.05) is 13.1 Å². The van der Waals surface area contributed by atoms with E-state index in [4.69, 9.17) is 0 Å². The number of rotatable bonds is 7. The van der Waals surface area contributed by atoms with Crippen LogP contribution < -0.4 is 5.32 Å². The summed E-state index contributed by atoms with van der Waals surface area (Å²) in [4.78, 5) is 0. The van der Waals surface area contributed by atoms with Crippen molar-refractivity contribution < 1.29 is 4.39 Å². The summed E-state index contributed by atoms with van der Waals surface area (Å²) in [6.45, 7) is 4.37. The first kappa shape index (κ1) is 15.5. The van der Waals surface area contributed by atoms with Gasteiger partial charge < -0.3 is 5.32 Å². The van der Waals surface area contributed by atoms with Gasteiger partial charge in [0.25, 0.3) is 0 Å². The zero-order chi connectivity index (χ0) is 14.2. The van der Waals surface area contributed by atoms with Crippen molar-refractivity contribution in [1.29, 1.82) is 0 Å². The molecule has 1 saturated carbocycles. The number of halogens is 1. The maximum Gasteiger partial charge on any atom is 0.123 e. The SMILES string of the molecule is CCCNCC(Cc1cccc(F)c1)C1CCCCC1. The number of benzene rings is 1. The second-order valence-electron chi connectivity index (χ2n) is 6.20. The molecule has 1 aliphatic rings. The smallest absolute Gasteiger partial charge is 0.123 e. The largest absolute Gasteiger partial charge is 0.316 e. The highest BCUT2D eigenvalue weighted by Gasteiger charge is 2.23. The van der Waals surface area contributed by atoms with E-state index in [-0.39, 0.29) is 5.82 Å². The predicted molar refractivity (Wildman–Crippen MR) is 83.3 cm³/mol. The van der Waals surface area contributed by atoms with E-state index in [2.05, 4.69) is 18.3 Å². The summed E-state index contributed by atoms with van der Waals surface area (Å²) in [6, 6.07) is 7.14. The van der Waals surface area contributed by atoms with E-state index in [0.717, 1.165) is 31.0 Å². The van der Waals surface area contributed by atoms with Gasteiger partial charge in [0, 0.05) is 0 Å². The molecule has 0 aromatic heterocycles. The van der Waals surface area contributed by atoms with E-state index in [9.17, 15) is 4.39 Å². The second-order valence-corrected chi connectivity index (χ2v) is 6.20. The molecule has 2 rings (SSSR count). The van der Waals surface area contributed by atoms with Crippen molar-refractivity contribution in [1.82, 2.24) is 5.32 Å². The molecule has 0 spiro atoms. The highest BCUT2D eigenvalue weighted by molar-refractivity contribution is 5.17. The summed E-state index contributed by atoms with van der Waals surface area (Å²) >= 11 is 0. The van der Waals surface area contributed by atoms with Gasteiger partial charge in [-0.2, -0.15) is 0 Å². The van der Waals surface area contributed by atoms with Gasteiger partial charge in [0.2, 0.25) is 0 Å². The molecule has 0 amide bonds. The third-order valence-corrected chi connectivity index (χ3v) is 4.54. The van der Waals surface area contributed by atoms with Gasteiger partial charge in [-0.05, 0) is 55.5 Å². The Balaban J connectivity index is 1.97. The molecular weight excluding hydrogens is 249 g/mol. The van der Waals surface area contributed by atoms with Crippen LogP contribution in [0.2, 0.25) is 0 Å². The Morgan fingerprint density at radius 2 is 2.05 bits per heavy atom. The molecule has 0 heterocycles. The first-order chi connectivity index (χ1) is 9.79. The van der Waals surface area contributed by atoms with Crippen molar-refractivity contribution in [2.24, 2.45) is 11.8 Å². The lowest BCUT2D eigenvalue weighted by Crippen LogP contribution is -2.31. The standard InChI is InChI=1S/C18H28FN/c1-2-11-20-14-17(16-8-4-3-5-9-16)12-15-7-6-10-18(19)13-15/h6-7,10,13,16-17,20H,2-5,8-9,11-12,14H2,1H3. The van der Waals surface area contributed by atoms with Crippen LogP contribution in [0.4, 0.5) is 4.39 Å². The lowest BCUT2D eigenvalue weighted by Gasteiger charge is -2.30. The van der Waals surface area contributed by atoms with Gasteiger partial charge in [0.1, 0.15) is 5.82 Å². The monoisotopic (exact) mass is 277 g/mol. The van der Waals surface area contributed by atoms with Crippen LogP contribution in [-0.4, -0.2) is 13.1 Å². The number of nitrogens with one attached hydrogen (secondary N) is 1. The third kappa shape index (κ3) is 4.90. The molecule has 2 heteroatoms. The van der Waals surface area contributed by atoms with E-state index < -0.39 is 0 Å². The van der Waals surface area contributed by atoms with Gasteiger partial charge in [-0.15, -0.1) is 0 Å². The van der Waals surface area contributed by atoms with Crippen molar-refractivity contribution in [2.45, 2.75) is 51.9 Å². The number of hydrogen-bond donors (Lipinski definition) is 1. The van der Waals surface area contributed by atoms with E-state index >= 15 is 0 Å². The van der Waals surface area contributed by atoms with Gasteiger partial charge in [0.05, 0.1) is 0 Å². The Morgan fingerprint density at radius 3 is 2.75 bits per heavy atom. The third-order valence-electron chi connectivity index (χ3n) is 4.54. The first-order valence-corrected chi connectivity index (χ1v) is 8.24. The topological polar surface area (TPSA) is 12.0 Å². The van der Waals surface area contributed by atoms with Crippen LogP contribution in [-0.2, 0) is 6.42 Å². The molecule has 1 aromatic carbocycles. The second kappa shape index (κ2) is 8.41. The summed E-state index contributed by atoms with van der Waals surface area (Å²) in [5.41, 5.74) is 1.15. The number of hydrogen-bond acceptors (Lipinski definition) is 1. The molecular formula is C18H28FN. The zero-order valence-corrected chi connectivity index (χ0v) is 12.7. The van der Waals surface area contributed by atoms with E-state index in [1.54, 1.807) is 6.07 Å². The average Bonchev–Trinajstić information content (AvgIpc) is 2.47. The highest BCUT2D eigenvalue weighted by Crippen LogP contribution is 2.31. The maximum atomic E-state index is 13.4. The molecule has 1 aromatic rings. The van der Waals surface area contributed by atoms with Crippen molar-refractivity contribution in [3.8, 4) is 0 Å². The molecule has 1 aliphatic carbocycles. The van der Waals surface area contributed by atoms with E-state index in [1.165, 1.54) is 44.6 Å². The highest BCUT2D eigenvalue weighted by atomic mass is 19.1. The first-order valence-electron chi connectivity index (χ1n) is 8.24. The Bertz CT molecular complexity index is 385. The minimum atomic E-state index is -0.105. The van der Waals surface area contributed by atoms with Crippen LogP contribution in [0.15, 0.2) is 24.3 Å². The molecule has 112 valence electrons. The summed E-state index contributed by atoms with van der Waals surface area (Å²) in [6.07, 6.45) is 9.04. The molecule has 1 unspecified atom stereocenters. The quantitative estimate of drug-likeness (QED) is 0.720. The van der Waals surface area contributed by atoms with Crippen LogP contribution >= 0.6 is 0 Å². The Hall–Kier alpha value is -0.890. The van der Waals surface area contributed by atoms with Crippen molar-refractivity contribution in [3.05, 3.63) is 35.6 Å². The molecule has 1 N–H and O–H groups in total. The molecule has 0 radical (unpaired) electrons. The minimum Gasteiger partial charge on any atom is -0.316 e. The van der Waals surface area contributed by atoms with E-state index in [0.29, 0.717) is 5.92 Å². The van der Waals surface area contributed by atoms with E-state index in [1.807, 2.05) is 6.07 Å². The molecule has 0 saturated heterocycles. The van der Waals surface area contributed by atoms with Crippen LogP contribution in [0.3, 0.4) is 0 Å². The fraction of sp³-hybridized carbons (Fsp3) is 0.667. The molecule has 1 atom stereocenters. The lowest BCUT2D eigenvalue weighted by atomic mass is 9.77. The van der Waals surface area contributed by atoms with Crippen LogP contribution in [0.1, 0.15) is 51.0 Å². The van der Waals surface area contributed by atoms with Gasteiger partial charge in [-0.25, -0.2) is 4.39 Å². The summed E-state index contributed by atoms with van der Waals surface area (Å²) in [5.74, 6) is 1.37. The zero-order valence-electron chi connectivity index (χ0n) is 12.7. The van der Waals surface area contributed by atoms with Gasteiger partial charge in [0.15, 0.2) is 0 Å². The molecule has 1 fully saturated rings. The molecule has 1 nitrogen and oxygen atoms in total. The Labute approximate surface area is 123 Å². The average molecular weight is 277 g/mol. The fourth-order valence-corrected chi connectivity index (χ4v) is 3.44.